The molecule has 25 heavy (non-hydrogen) atoms. The lowest BCUT2D eigenvalue weighted by Gasteiger charge is -2.57. The van der Waals surface area contributed by atoms with Gasteiger partial charge in [0.25, 0.3) is 0 Å². The van der Waals surface area contributed by atoms with Crippen molar-refractivity contribution in [1.82, 2.24) is 5.16 Å². The average Bonchev–Trinajstić information content (AvgIpc) is 3.22. The largest absolute Gasteiger partial charge is 0.393 e. The van der Waals surface area contributed by atoms with E-state index in [1.807, 2.05) is 6.20 Å². The van der Waals surface area contributed by atoms with Crippen molar-refractivity contribution < 1.29 is 9.63 Å². The number of hydrogen-bond acceptors (Lipinski definition) is 3. The quantitative estimate of drug-likeness (QED) is 0.724. The Labute approximate surface area is 150 Å². The van der Waals surface area contributed by atoms with Gasteiger partial charge in [0.05, 0.1) is 12.3 Å². The maximum absolute atomic E-state index is 10.1. The van der Waals surface area contributed by atoms with E-state index in [9.17, 15) is 5.11 Å². The van der Waals surface area contributed by atoms with E-state index in [4.69, 9.17) is 4.52 Å². The van der Waals surface area contributed by atoms with Gasteiger partial charge in [-0.3, -0.25) is 0 Å². The summed E-state index contributed by atoms with van der Waals surface area (Å²) in [7, 11) is 0. The van der Waals surface area contributed by atoms with Crippen molar-refractivity contribution >= 4 is 0 Å². The fourth-order valence-electron chi connectivity index (χ4n) is 7.51. The topological polar surface area (TPSA) is 46.3 Å². The Kier molecular flexibility index (Phi) is 3.51. The summed E-state index contributed by atoms with van der Waals surface area (Å²) >= 11 is 0. The number of aliphatic hydroxyl groups excluding tert-OH is 1. The molecule has 1 aromatic heterocycles. The number of fused-ring (bicyclic) bond motifs is 5. The minimum atomic E-state index is -0.105. The monoisotopic (exact) mass is 341 g/mol. The first-order chi connectivity index (χ1) is 12.0. The molecule has 136 valence electrons. The van der Waals surface area contributed by atoms with Crippen molar-refractivity contribution in [2.75, 3.05) is 0 Å². The van der Waals surface area contributed by atoms with Crippen LogP contribution in [0.3, 0.4) is 0 Å². The molecule has 0 spiro atoms. The molecule has 1 aromatic rings. The second-order valence-electron chi connectivity index (χ2n) is 9.75. The molecule has 1 heterocycles. The molecule has 0 radical (unpaired) electrons. The van der Waals surface area contributed by atoms with Gasteiger partial charge in [-0.1, -0.05) is 30.7 Å². The molecule has 4 aliphatic carbocycles. The molecule has 3 saturated carbocycles. The number of rotatable bonds is 1. The summed E-state index contributed by atoms with van der Waals surface area (Å²) < 4.78 is 5.60. The minimum absolute atomic E-state index is 0.105. The van der Waals surface area contributed by atoms with Crippen LogP contribution in [0.2, 0.25) is 0 Å². The maximum Gasteiger partial charge on any atom is 0.140 e. The van der Waals surface area contributed by atoms with Crippen molar-refractivity contribution in [1.29, 1.82) is 0 Å². The molecule has 5 rings (SSSR count). The van der Waals surface area contributed by atoms with Crippen molar-refractivity contribution in [3.63, 3.8) is 0 Å². The molecule has 3 heteroatoms. The predicted octanol–water partition coefficient (Wildman–Crippen LogP) is 5.08. The van der Waals surface area contributed by atoms with Gasteiger partial charge in [0.1, 0.15) is 5.76 Å². The number of aliphatic hydroxyl groups is 1. The molecule has 3 nitrogen and oxygen atoms in total. The Hall–Kier alpha value is -1.09. The lowest BCUT2D eigenvalue weighted by Crippen LogP contribution is -2.50. The number of hydrogen-bond donors (Lipinski definition) is 1. The van der Waals surface area contributed by atoms with E-state index in [0.717, 1.165) is 36.4 Å². The third-order valence-electron chi connectivity index (χ3n) is 8.88. The van der Waals surface area contributed by atoms with Crippen LogP contribution in [-0.4, -0.2) is 16.4 Å². The SMILES string of the molecule is C[C@]12CC[C@H]3[C@@H](CC=C4C[C@@H](O)CC[C@@]43C)[C@@H]1CC[C@@H]2c1ccno1. The van der Waals surface area contributed by atoms with Crippen molar-refractivity contribution in [2.45, 2.75) is 77.2 Å². The third-order valence-corrected chi connectivity index (χ3v) is 8.88. The average molecular weight is 341 g/mol. The van der Waals surface area contributed by atoms with Crippen molar-refractivity contribution in [3.05, 3.63) is 29.7 Å². The zero-order valence-corrected chi connectivity index (χ0v) is 15.6. The molecule has 1 N–H and O–H groups in total. The first-order valence-corrected chi connectivity index (χ1v) is 10.3. The van der Waals surface area contributed by atoms with E-state index in [-0.39, 0.29) is 6.10 Å². The van der Waals surface area contributed by atoms with Gasteiger partial charge in [0.2, 0.25) is 0 Å². The second-order valence-corrected chi connectivity index (χ2v) is 9.75. The number of allylic oxidation sites excluding steroid dienone is 1. The Balaban J connectivity index is 1.47. The van der Waals surface area contributed by atoms with Crippen LogP contribution in [0.25, 0.3) is 0 Å². The molecule has 0 saturated heterocycles. The van der Waals surface area contributed by atoms with E-state index in [1.165, 1.54) is 38.5 Å². The summed E-state index contributed by atoms with van der Waals surface area (Å²) in [4.78, 5) is 0. The standard InChI is InChI=1S/C22H31NO2/c1-21-10-7-15(24)13-14(21)3-4-16-17-5-6-19(20-9-12-23-25-20)22(17,2)11-8-18(16)21/h3,9,12,15-19,24H,4-8,10-11,13H2,1-2H3/t15-,16-,17-,18-,19+,21-,22-/m0/s1. The first-order valence-electron chi connectivity index (χ1n) is 10.3. The first kappa shape index (κ1) is 16.1. The highest BCUT2D eigenvalue weighted by molar-refractivity contribution is 5.26. The Bertz CT molecular complexity index is 680. The van der Waals surface area contributed by atoms with Crippen LogP contribution in [0.4, 0.5) is 0 Å². The summed E-state index contributed by atoms with van der Waals surface area (Å²) in [6.07, 6.45) is 13.8. The van der Waals surface area contributed by atoms with Crippen molar-refractivity contribution in [3.8, 4) is 0 Å². The Morgan fingerprint density at radius 3 is 2.80 bits per heavy atom. The van der Waals surface area contributed by atoms with Gasteiger partial charge in [-0.2, -0.15) is 0 Å². The van der Waals surface area contributed by atoms with E-state index < -0.39 is 0 Å². The van der Waals surface area contributed by atoms with Gasteiger partial charge in [-0.15, -0.1) is 0 Å². The van der Waals surface area contributed by atoms with Gasteiger partial charge in [-0.25, -0.2) is 0 Å². The summed E-state index contributed by atoms with van der Waals surface area (Å²) in [5.41, 5.74) is 2.28. The highest BCUT2D eigenvalue weighted by Gasteiger charge is 2.59. The van der Waals surface area contributed by atoms with Crippen LogP contribution in [-0.2, 0) is 0 Å². The molecule has 3 fully saturated rings. The molecule has 0 aliphatic heterocycles. The van der Waals surface area contributed by atoms with E-state index >= 15 is 0 Å². The summed E-state index contributed by atoms with van der Waals surface area (Å²) in [5.74, 6) is 4.10. The van der Waals surface area contributed by atoms with E-state index in [0.29, 0.717) is 16.7 Å². The van der Waals surface area contributed by atoms with Crippen molar-refractivity contribution in [2.24, 2.45) is 28.6 Å². The van der Waals surface area contributed by atoms with Crippen LogP contribution < -0.4 is 0 Å². The zero-order chi connectivity index (χ0) is 17.2. The van der Waals surface area contributed by atoms with Gasteiger partial charge >= 0.3 is 0 Å². The highest BCUT2D eigenvalue weighted by atomic mass is 16.5. The van der Waals surface area contributed by atoms with E-state index in [2.05, 4.69) is 31.1 Å². The third kappa shape index (κ3) is 2.17. The maximum atomic E-state index is 10.1. The number of nitrogens with zero attached hydrogens (tertiary/aromatic N) is 1. The zero-order valence-electron chi connectivity index (χ0n) is 15.6. The molecule has 0 bridgehead atoms. The van der Waals surface area contributed by atoms with Crippen LogP contribution >= 0.6 is 0 Å². The molecule has 0 unspecified atom stereocenters. The van der Waals surface area contributed by atoms with Crippen LogP contribution in [0.1, 0.15) is 76.9 Å². The minimum Gasteiger partial charge on any atom is -0.393 e. The van der Waals surface area contributed by atoms with Crippen LogP contribution in [0.5, 0.6) is 0 Å². The summed E-state index contributed by atoms with van der Waals surface area (Å²) in [5, 5.41) is 14.1. The predicted molar refractivity (Wildman–Crippen MR) is 97.0 cm³/mol. The van der Waals surface area contributed by atoms with Gasteiger partial charge in [-0.05, 0) is 80.0 Å². The van der Waals surface area contributed by atoms with Gasteiger partial charge < -0.3 is 9.63 Å². The lowest BCUT2D eigenvalue weighted by atomic mass is 9.47. The van der Waals surface area contributed by atoms with Crippen LogP contribution in [0.15, 0.2) is 28.4 Å². The molecular weight excluding hydrogens is 310 g/mol. The van der Waals surface area contributed by atoms with Gasteiger partial charge in [0, 0.05) is 12.0 Å². The smallest absolute Gasteiger partial charge is 0.140 e. The molecular formula is C22H31NO2. The fourth-order valence-corrected chi connectivity index (χ4v) is 7.51. The molecule has 0 amide bonds. The highest BCUT2D eigenvalue weighted by Crippen LogP contribution is 2.67. The Morgan fingerprint density at radius 2 is 2.00 bits per heavy atom. The Morgan fingerprint density at radius 1 is 1.12 bits per heavy atom. The van der Waals surface area contributed by atoms with Crippen LogP contribution in [0, 0.1) is 28.6 Å². The van der Waals surface area contributed by atoms with Gasteiger partial charge in [0.15, 0.2) is 0 Å². The molecule has 4 aliphatic rings. The number of aromatic nitrogens is 1. The normalized spacial score (nSPS) is 49.1. The van der Waals surface area contributed by atoms with E-state index in [1.54, 1.807) is 5.57 Å². The summed E-state index contributed by atoms with van der Waals surface area (Å²) in [6, 6.07) is 2.09. The molecule has 0 aromatic carbocycles. The fraction of sp³-hybridized carbons (Fsp3) is 0.773. The second kappa shape index (κ2) is 5.45. The lowest BCUT2D eigenvalue weighted by molar-refractivity contribution is -0.0428. The molecule has 7 atom stereocenters. The summed E-state index contributed by atoms with van der Waals surface area (Å²) in [6.45, 7) is 5.04.